The lowest BCUT2D eigenvalue weighted by atomic mass is 9.70. The SMILES string of the molecule is Cc1ccc2c(c1)-c1ccccc1C21c2cc(N(C3=CC=C[C@@H](C)C=C3)c3ccccc3)ccc2-c2ccc(N(c3ccccc3)c3ccccc3)cc21. The highest BCUT2D eigenvalue weighted by molar-refractivity contribution is 5.97. The molecule has 7 aromatic carbocycles. The van der Waals surface area contributed by atoms with E-state index >= 15 is 0 Å². The quantitative estimate of drug-likeness (QED) is 0.171. The van der Waals surface area contributed by atoms with Crippen molar-refractivity contribution >= 4 is 28.4 Å². The molecule has 2 atom stereocenters. The highest BCUT2D eigenvalue weighted by atomic mass is 15.2. The number of para-hydroxylation sites is 3. The van der Waals surface area contributed by atoms with Gasteiger partial charge in [-0.25, -0.2) is 0 Å². The second-order valence-electron chi connectivity index (χ2n) is 14.7. The lowest BCUT2D eigenvalue weighted by molar-refractivity contribution is 0.793. The zero-order chi connectivity index (χ0) is 36.2. The maximum absolute atomic E-state index is 2.48. The first-order valence-corrected chi connectivity index (χ1v) is 18.9. The smallest absolute Gasteiger partial charge is 0.0727 e. The van der Waals surface area contributed by atoms with E-state index in [1.165, 1.54) is 50.1 Å². The van der Waals surface area contributed by atoms with Crippen molar-refractivity contribution in [1.29, 1.82) is 0 Å². The minimum Gasteiger partial charge on any atom is -0.311 e. The first-order chi connectivity index (χ1) is 26.6. The Morgan fingerprint density at radius 3 is 1.57 bits per heavy atom. The van der Waals surface area contributed by atoms with Crippen molar-refractivity contribution in [3.05, 3.63) is 234 Å². The van der Waals surface area contributed by atoms with Crippen molar-refractivity contribution in [3.8, 4) is 22.3 Å². The van der Waals surface area contributed by atoms with Gasteiger partial charge in [0.2, 0.25) is 0 Å². The molecular formula is C52H40N2. The van der Waals surface area contributed by atoms with Crippen LogP contribution in [0.2, 0.25) is 0 Å². The summed E-state index contributed by atoms with van der Waals surface area (Å²) < 4.78 is 0. The minimum atomic E-state index is -0.514. The van der Waals surface area contributed by atoms with Crippen molar-refractivity contribution < 1.29 is 0 Å². The average molecular weight is 693 g/mol. The molecule has 3 aliphatic rings. The van der Waals surface area contributed by atoms with E-state index in [0.717, 1.165) is 34.1 Å². The number of aryl methyl sites for hydroxylation is 1. The number of hydrogen-bond donors (Lipinski definition) is 0. The largest absolute Gasteiger partial charge is 0.311 e. The van der Waals surface area contributed by atoms with Gasteiger partial charge in [-0.3, -0.25) is 0 Å². The van der Waals surface area contributed by atoms with Crippen LogP contribution >= 0.6 is 0 Å². The third kappa shape index (κ3) is 4.94. The number of anilines is 5. The molecule has 3 aliphatic carbocycles. The Morgan fingerprint density at radius 1 is 0.426 bits per heavy atom. The van der Waals surface area contributed by atoms with E-state index in [0.29, 0.717) is 5.92 Å². The summed E-state index contributed by atoms with van der Waals surface area (Å²) in [7, 11) is 0. The predicted octanol–water partition coefficient (Wildman–Crippen LogP) is 13.6. The molecule has 0 amide bonds. The van der Waals surface area contributed by atoms with Crippen LogP contribution in [0.1, 0.15) is 34.7 Å². The van der Waals surface area contributed by atoms with Crippen LogP contribution in [0.25, 0.3) is 22.3 Å². The molecule has 2 nitrogen and oxygen atoms in total. The normalized spacial score (nSPS) is 17.3. The molecule has 54 heavy (non-hydrogen) atoms. The van der Waals surface area contributed by atoms with Crippen LogP contribution in [0.15, 0.2) is 206 Å². The van der Waals surface area contributed by atoms with Gasteiger partial charge in [0.1, 0.15) is 0 Å². The molecule has 258 valence electrons. The van der Waals surface area contributed by atoms with E-state index in [9.17, 15) is 0 Å². The third-order valence-corrected chi connectivity index (χ3v) is 11.4. The fourth-order valence-electron chi connectivity index (χ4n) is 9.03. The number of rotatable bonds is 6. The molecule has 0 fully saturated rings. The number of allylic oxidation sites excluding steroid dienone is 5. The van der Waals surface area contributed by atoms with Gasteiger partial charge in [-0.15, -0.1) is 0 Å². The van der Waals surface area contributed by atoms with Gasteiger partial charge in [0.15, 0.2) is 0 Å². The van der Waals surface area contributed by atoms with E-state index in [4.69, 9.17) is 0 Å². The van der Waals surface area contributed by atoms with Crippen LogP contribution in [0, 0.1) is 12.8 Å². The van der Waals surface area contributed by atoms with Crippen LogP contribution in [0.5, 0.6) is 0 Å². The molecule has 2 heteroatoms. The van der Waals surface area contributed by atoms with Gasteiger partial charge in [-0.05, 0) is 130 Å². The van der Waals surface area contributed by atoms with Gasteiger partial charge in [0.25, 0.3) is 0 Å². The summed E-state index contributed by atoms with van der Waals surface area (Å²) in [6.45, 7) is 4.44. The standard InChI is InChI=1S/C52H40N2/c1-36-15-14-22-41(27-25-36)54(40-20-10-5-11-21-40)43-29-31-46-45-30-28-42(53(38-16-6-3-7-17-38)39-18-8-4-9-19-39)34-50(45)52(51(46)35-43)48-24-13-12-23-44(48)47-33-37(2)26-32-49(47)52/h3-36H,1-2H3/t36-,52?/m1/s1. The maximum atomic E-state index is 2.48. The van der Waals surface area contributed by atoms with Gasteiger partial charge < -0.3 is 9.80 Å². The van der Waals surface area contributed by atoms with Crippen LogP contribution in [-0.4, -0.2) is 0 Å². The summed E-state index contributed by atoms with van der Waals surface area (Å²) in [5.41, 5.74) is 18.0. The molecule has 1 unspecified atom stereocenters. The summed E-state index contributed by atoms with van der Waals surface area (Å²) in [6.07, 6.45) is 11.2. The lowest BCUT2D eigenvalue weighted by Gasteiger charge is -2.33. The molecule has 10 rings (SSSR count). The maximum Gasteiger partial charge on any atom is 0.0727 e. The molecule has 0 saturated carbocycles. The lowest BCUT2D eigenvalue weighted by Crippen LogP contribution is -2.27. The molecule has 7 aromatic rings. The topological polar surface area (TPSA) is 6.48 Å². The number of hydrogen-bond acceptors (Lipinski definition) is 2. The van der Waals surface area contributed by atoms with Crippen molar-refractivity contribution in [2.45, 2.75) is 19.3 Å². The summed E-state index contributed by atoms with van der Waals surface area (Å²) in [5.74, 6) is 0.365. The summed E-state index contributed by atoms with van der Waals surface area (Å²) in [5, 5.41) is 0. The van der Waals surface area contributed by atoms with Gasteiger partial charge >= 0.3 is 0 Å². The average Bonchev–Trinajstić information content (AvgIpc) is 3.56. The van der Waals surface area contributed by atoms with Gasteiger partial charge in [-0.2, -0.15) is 0 Å². The Balaban J connectivity index is 1.26. The van der Waals surface area contributed by atoms with Crippen molar-refractivity contribution in [3.63, 3.8) is 0 Å². The molecule has 0 heterocycles. The van der Waals surface area contributed by atoms with Crippen LogP contribution in [-0.2, 0) is 5.41 Å². The first kappa shape index (κ1) is 32.0. The van der Waals surface area contributed by atoms with Gasteiger partial charge in [0, 0.05) is 34.1 Å². The zero-order valence-electron chi connectivity index (χ0n) is 30.5. The molecule has 0 aliphatic heterocycles. The predicted molar refractivity (Wildman–Crippen MR) is 226 cm³/mol. The second kappa shape index (κ2) is 12.8. The summed E-state index contributed by atoms with van der Waals surface area (Å²) >= 11 is 0. The van der Waals surface area contributed by atoms with E-state index in [-0.39, 0.29) is 0 Å². The van der Waals surface area contributed by atoms with E-state index in [1.807, 2.05) is 0 Å². The molecule has 1 spiro atoms. The molecule has 0 aromatic heterocycles. The molecular weight excluding hydrogens is 653 g/mol. The van der Waals surface area contributed by atoms with E-state index < -0.39 is 5.41 Å². The van der Waals surface area contributed by atoms with Crippen LogP contribution in [0.3, 0.4) is 0 Å². The highest BCUT2D eigenvalue weighted by Gasteiger charge is 2.52. The van der Waals surface area contributed by atoms with E-state index in [2.05, 4.69) is 224 Å². The fraction of sp³-hybridized carbons (Fsp3) is 0.0769. The molecule has 0 saturated heterocycles. The first-order valence-electron chi connectivity index (χ1n) is 18.9. The third-order valence-electron chi connectivity index (χ3n) is 11.4. The molecule has 0 radical (unpaired) electrons. The Morgan fingerprint density at radius 2 is 0.944 bits per heavy atom. The Kier molecular flexibility index (Phi) is 7.59. The summed E-state index contributed by atoms with van der Waals surface area (Å²) in [6, 6.07) is 62.7. The van der Waals surface area contributed by atoms with Crippen molar-refractivity contribution in [2.75, 3.05) is 9.80 Å². The van der Waals surface area contributed by atoms with Gasteiger partial charge in [0.05, 0.1) is 5.41 Å². The zero-order valence-corrected chi connectivity index (χ0v) is 30.5. The van der Waals surface area contributed by atoms with Crippen molar-refractivity contribution in [2.24, 2.45) is 5.92 Å². The molecule has 0 bridgehead atoms. The van der Waals surface area contributed by atoms with E-state index in [1.54, 1.807) is 0 Å². The van der Waals surface area contributed by atoms with Crippen LogP contribution in [0.4, 0.5) is 28.4 Å². The monoisotopic (exact) mass is 692 g/mol. The Labute approximate surface area is 318 Å². The fourth-order valence-corrected chi connectivity index (χ4v) is 9.03. The van der Waals surface area contributed by atoms with Crippen molar-refractivity contribution in [1.82, 2.24) is 0 Å². The Bertz CT molecular complexity index is 2590. The van der Waals surface area contributed by atoms with Gasteiger partial charge in [-0.1, -0.05) is 140 Å². The number of nitrogens with zero attached hydrogens (tertiary/aromatic N) is 2. The number of benzene rings is 7. The second-order valence-corrected chi connectivity index (χ2v) is 14.7. The molecule has 0 N–H and O–H groups in total. The van der Waals surface area contributed by atoms with Crippen LogP contribution < -0.4 is 9.80 Å². The summed E-state index contributed by atoms with van der Waals surface area (Å²) in [4.78, 5) is 4.79. The Hall–Kier alpha value is -6.64. The highest BCUT2D eigenvalue weighted by Crippen LogP contribution is 2.64. The number of fused-ring (bicyclic) bond motifs is 10. The minimum absolute atomic E-state index is 0.365.